The number of nitrogens with one attached hydrogen (secondary N) is 5. The van der Waals surface area contributed by atoms with E-state index in [-0.39, 0.29) is 30.8 Å². The molecular formula is C53H66N6O7. The Bertz CT molecular complexity index is 2300. The van der Waals surface area contributed by atoms with E-state index in [4.69, 9.17) is 4.84 Å². The number of carbonyl (C=O) groups excluding carboxylic acids is 4. The molecule has 0 aliphatic rings. The van der Waals surface area contributed by atoms with E-state index in [9.17, 15) is 29.1 Å². The molecule has 0 saturated carbocycles. The number of amides is 4. The molecule has 350 valence electrons. The van der Waals surface area contributed by atoms with Crippen LogP contribution in [0.2, 0.25) is 0 Å². The molecule has 0 spiro atoms. The molecule has 0 aliphatic carbocycles. The predicted octanol–water partition coefficient (Wildman–Crippen LogP) is 8.43. The number of unbranched alkanes of at least 4 members (excludes halogenated alkanes) is 8. The van der Waals surface area contributed by atoms with Crippen molar-refractivity contribution in [1.82, 2.24) is 26.3 Å². The zero-order chi connectivity index (χ0) is 46.9. The molecule has 5 aromatic rings. The number of hydrogen-bond acceptors (Lipinski definition) is 7. The Balaban J connectivity index is 0.926. The second-order valence-corrected chi connectivity index (χ2v) is 16.9. The first kappa shape index (κ1) is 50.2. The van der Waals surface area contributed by atoms with E-state index in [0.717, 1.165) is 96.3 Å². The van der Waals surface area contributed by atoms with Crippen molar-refractivity contribution in [3.63, 3.8) is 0 Å². The van der Waals surface area contributed by atoms with Crippen LogP contribution in [0.3, 0.4) is 0 Å². The van der Waals surface area contributed by atoms with Crippen molar-refractivity contribution in [2.24, 2.45) is 11.1 Å². The van der Waals surface area contributed by atoms with E-state index < -0.39 is 35.9 Å². The fraction of sp³-hybridized carbons (Fsp3) is 0.396. The Morgan fingerprint density at radius 1 is 0.667 bits per heavy atom. The number of benzene rings is 4. The minimum absolute atomic E-state index is 0.116. The van der Waals surface area contributed by atoms with E-state index in [1.165, 1.54) is 0 Å². The van der Waals surface area contributed by atoms with Gasteiger partial charge < -0.3 is 36.2 Å². The van der Waals surface area contributed by atoms with Gasteiger partial charge in [-0.3, -0.25) is 19.2 Å². The molecular weight excluding hydrogens is 833 g/mol. The standard InChI is InChI=1S/C53H66N6O7/c1-3-38(2)50(52(63)58-47(53(64)65)34-43-35-55-45-26-19-18-25-44(43)45)59-48(60)27-17-9-7-5-4-6-8-10-20-32-54-51(62)46(33-39-21-13-11-14-22-39)57-49(61)36-56-66-37-40-28-30-42(31-29-40)41-23-15-12-16-24-41/h11-16,18-19,21-26,28-31,35-36,38,46-47,50,55H,3-10,17,20,27,32-34,37H2,1-2H3,(H,54,62)(H,57,61)(H,58,63)(H,59,60)(H,64,65)/b56-36+/t38-,46-,47-,50-/m0/s1. The van der Waals surface area contributed by atoms with Crippen molar-refractivity contribution < 1.29 is 33.9 Å². The lowest BCUT2D eigenvalue weighted by atomic mass is 9.97. The molecule has 66 heavy (non-hydrogen) atoms. The summed E-state index contributed by atoms with van der Waals surface area (Å²) in [5, 5.41) is 26.0. The number of oxime groups is 1. The van der Waals surface area contributed by atoms with Crippen LogP contribution in [0.1, 0.15) is 101 Å². The van der Waals surface area contributed by atoms with Gasteiger partial charge in [-0.25, -0.2) is 4.79 Å². The second kappa shape index (κ2) is 27.5. The van der Waals surface area contributed by atoms with Crippen LogP contribution >= 0.6 is 0 Å². The van der Waals surface area contributed by atoms with Crippen LogP contribution in [0.4, 0.5) is 0 Å². The molecule has 5 rings (SSSR count). The van der Waals surface area contributed by atoms with Crippen molar-refractivity contribution >= 4 is 46.7 Å². The number of para-hydroxylation sites is 1. The van der Waals surface area contributed by atoms with Gasteiger partial charge >= 0.3 is 5.97 Å². The summed E-state index contributed by atoms with van der Waals surface area (Å²) >= 11 is 0. The summed E-state index contributed by atoms with van der Waals surface area (Å²) in [6.07, 6.45) is 12.9. The Labute approximate surface area is 388 Å². The van der Waals surface area contributed by atoms with Crippen molar-refractivity contribution in [3.05, 3.63) is 132 Å². The van der Waals surface area contributed by atoms with Gasteiger partial charge in [-0.1, -0.05) is 173 Å². The number of nitrogens with zero attached hydrogens (tertiary/aromatic N) is 1. The van der Waals surface area contributed by atoms with Gasteiger partial charge in [-0.2, -0.15) is 0 Å². The molecule has 0 fully saturated rings. The Morgan fingerprint density at radius 2 is 1.29 bits per heavy atom. The molecule has 0 bridgehead atoms. The Kier molecular flexibility index (Phi) is 21.0. The quantitative estimate of drug-likeness (QED) is 0.0158. The van der Waals surface area contributed by atoms with Crippen LogP contribution in [0.5, 0.6) is 0 Å². The zero-order valence-electron chi connectivity index (χ0n) is 38.3. The highest BCUT2D eigenvalue weighted by molar-refractivity contribution is 6.26. The van der Waals surface area contributed by atoms with Crippen LogP contribution in [-0.2, 0) is 48.3 Å². The van der Waals surface area contributed by atoms with E-state index >= 15 is 0 Å². The third-order valence-electron chi connectivity index (χ3n) is 11.9. The summed E-state index contributed by atoms with van der Waals surface area (Å²) in [6, 6.07) is 32.4. The fourth-order valence-corrected chi connectivity index (χ4v) is 7.80. The first-order valence-electron chi connectivity index (χ1n) is 23.4. The summed E-state index contributed by atoms with van der Waals surface area (Å²) in [4.78, 5) is 73.0. The van der Waals surface area contributed by atoms with Crippen molar-refractivity contribution in [2.45, 2.75) is 122 Å². The van der Waals surface area contributed by atoms with Gasteiger partial charge in [0.05, 0.1) is 0 Å². The topological polar surface area (TPSA) is 191 Å². The summed E-state index contributed by atoms with van der Waals surface area (Å²) in [5.41, 5.74) is 5.75. The van der Waals surface area contributed by atoms with Gasteiger partial charge in [-0.05, 0) is 52.6 Å². The maximum atomic E-state index is 13.4. The largest absolute Gasteiger partial charge is 0.480 e. The SMILES string of the molecule is CC[C@H](C)[C@H](NC(=O)CCCCCCCCCCCNC(=O)[C@H](Cc1ccccc1)NC(=O)/C=N/OCc1ccc(-c2ccccc2)cc1)C(=O)N[C@@H](Cc1c[nH]c2ccccc12)C(=O)O. The fourth-order valence-electron chi connectivity index (χ4n) is 7.80. The summed E-state index contributed by atoms with van der Waals surface area (Å²) in [7, 11) is 0. The van der Waals surface area contributed by atoms with Gasteiger partial charge in [0.1, 0.15) is 30.9 Å². The van der Waals surface area contributed by atoms with Crippen LogP contribution in [0.25, 0.3) is 22.0 Å². The highest BCUT2D eigenvalue weighted by atomic mass is 16.6. The maximum Gasteiger partial charge on any atom is 0.326 e. The normalized spacial score (nSPS) is 13.1. The lowest BCUT2D eigenvalue weighted by Crippen LogP contribution is -2.54. The summed E-state index contributed by atoms with van der Waals surface area (Å²) in [6.45, 7) is 4.52. The van der Waals surface area contributed by atoms with Crippen LogP contribution in [-0.4, -0.2) is 70.6 Å². The average Bonchev–Trinajstić information content (AvgIpc) is 3.74. The average molecular weight is 899 g/mol. The van der Waals surface area contributed by atoms with Crippen molar-refractivity contribution in [1.29, 1.82) is 0 Å². The zero-order valence-corrected chi connectivity index (χ0v) is 38.3. The third-order valence-corrected chi connectivity index (χ3v) is 11.9. The number of aromatic nitrogens is 1. The number of rotatable bonds is 29. The lowest BCUT2D eigenvalue weighted by molar-refractivity contribution is -0.142. The summed E-state index contributed by atoms with van der Waals surface area (Å²) in [5.74, 6) is -2.78. The molecule has 1 aromatic heterocycles. The van der Waals surface area contributed by atoms with Crippen LogP contribution in [0, 0.1) is 5.92 Å². The number of H-pyrrole nitrogens is 1. The first-order chi connectivity index (χ1) is 32.1. The second-order valence-electron chi connectivity index (χ2n) is 16.9. The lowest BCUT2D eigenvalue weighted by Gasteiger charge is -2.25. The van der Waals surface area contributed by atoms with E-state index in [2.05, 4.69) is 43.5 Å². The maximum absolute atomic E-state index is 13.4. The number of hydrogen-bond donors (Lipinski definition) is 6. The number of carbonyl (C=O) groups is 5. The van der Waals surface area contributed by atoms with Crippen molar-refractivity contribution in [2.75, 3.05) is 6.54 Å². The van der Waals surface area contributed by atoms with Crippen LogP contribution in [0.15, 0.2) is 121 Å². The summed E-state index contributed by atoms with van der Waals surface area (Å²) < 4.78 is 0. The van der Waals surface area contributed by atoms with Gasteiger partial charge in [0.25, 0.3) is 5.91 Å². The first-order valence-corrected chi connectivity index (χ1v) is 23.4. The van der Waals surface area contributed by atoms with Gasteiger partial charge in [0.2, 0.25) is 17.7 Å². The highest BCUT2D eigenvalue weighted by Crippen LogP contribution is 2.21. The number of aliphatic carboxylic acids is 1. The van der Waals surface area contributed by atoms with E-state index in [1.807, 2.05) is 111 Å². The molecule has 4 amide bonds. The number of aromatic amines is 1. The minimum Gasteiger partial charge on any atom is -0.480 e. The molecule has 1 heterocycles. The molecule has 4 aromatic carbocycles. The number of carboxylic acids is 1. The molecule has 13 nitrogen and oxygen atoms in total. The van der Waals surface area contributed by atoms with E-state index in [1.54, 1.807) is 6.20 Å². The van der Waals surface area contributed by atoms with Gasteiger partial charge in [0, 0.05) is 42.9 Å². The van der Waals surface area contributed by atoms with Crippen LogP contribution < -0.4 is 21.3 Å². The molecule has 0 unspecified atom stereocenters. The van der Waals surface area contributed by atoms with Gasteiger partial charge in [-0.15, -0.1) is 0 Å². The smallest absolute Gasteiger partial charge is 0.326 e. The van der Waals surface area contributed by atoms with Crippen molar-refractivity contribution in [3.8, 4) is 11.1 Å². The molecule has 0 aliphatic heterocycles. The van der Waals surface area contributed by atoms with Gasteiger partial charge in [0.15, 0.2) is 0 Å². The Hall–Kier alpha value is -6.76. The third kappa shape index (κ3) is 17.0. The molecule has 4 atom stereocenters. The monoisotopic (exact) mass is 898 g/mol. The van der Waals surface area contributed by atoms with E-state index in [0.29, 0.717) is 32.2 Å². The molecule has 13 heteroatoms. The Morgan fingerprint density at radius 3 is 1.97 bits per heavy atom. The number of fused-ring (bicyclic) bond motifs is 1. The highest BCUT2D eigenvalue weighted by Gasteiger charge is 2.30. The molecule has 6 N–H and O–H groups in total. The number of carboxylic acid groups (broad SMARTS) is 1. The minimum atomic E-state index is -1.14. The molecule has 0 saturated heterocycles. The predicted molar refractivity (Wildman–Crippen MR) is 259 cm³/mol. The molecule has 0 radical (unpaired) electrons.